The van der Waals surface area contributed by atoms with E-state index in [1.807, 2.05) is 38.1 Å². The number of anilines is 1. The van der Waals surface area contributed by atoms with Crippen LogP contribution >= 0.6 is 12.2 Å². The molecule has 1 rings (SSSR count). The van der Waals surface area contributed by atoms with E-state index in [2.05, 4.69) is 10.6 Å². The van der Waals surface area contributed by atoms with Crippen LogP contribution in [0.4, 0.5) is 10.5 Å². The number of hydrogen-bond acceptors (Lipinski definition) is 2. The molecule has 1 aromatic carbocycles. The van der Waals surface area contributed by atoms with Gasteiger partial charge in [0.1, 0.15) is 0 Å². The van der Waals surface area contributed by atoms with E-state index in [-0.39, 0.29) is 12.1 Å². The predicted molar refractivity (Wildman–Crippen MR) is 74.2 cm³/mol. The molecule has 17 heavy (non-hydrogen) atoms. The Morgan fingerprint density at radius 3 is 2.82 bits per heavy atom. The molecule has 0 radical (unpaired) electrons. The number of hydrogen-bond donors (Lipinski definition) is 3. The van der Waals surface area contributed by atoms with E-state index in [4.69, 9.17) is 18.0 Å². The second-order valence-electron chi connectivity index (χ2n) is 4.04. The third-order valence-corrected chi connectivity index (χ3v) is 2.33. The fourth-order valence-electron chi connectivity index (χ4n) is 1.47. The zero-order valence-corrected chi connectivity index (χ0v) is 10.8. The Kier molecular flexibility index (Phi) is 4.90. The van der Waals surface area contributed by atoms with E-state index in [0.717, 1.165) is 11.3 Å². The van der Waals surface area contributed by atoms with Gasteiger partial charge in [0.15, 0.2) is 0 Å². The van der Waals surface area contributed by atoms with Crippen molar-refractivity contribution in [2.75, 3.05) is 5.32 Å². The van der Waals surface area contributed by atoms with Crippen molar-refractivity contribution in [3.63, 3.8) is 0 Å². The lowest BCUT2D eigenvalue weighted by atomic mass is 10.2. The molecule has 0 spiro atoms. The van der Waals surface area contributed by atoms with Gasteiger partial charge in [0.25, 0.3) is 0 Å². The van der Waals surface area contributed by atoms with Gasteiger partial charge in [-0.25, -0.2) is 4.79 Å². The number of benzene rings is 1. The Labute approximate surface area is 107 Å². The minimum absolute atomic E-state index is 0.0719. The van der Waals surface area contributed by atoms with Crippen molar-refractivity contribution in [2.24, 2.45) is 5.73 Å². The molecule has 5 heteroatoms. The molecule has 0 aromatic heterocycles. The van der Waals surface area contributed by atoms with Gasteiger partial charge in [-0.3, -0.25) is 0 Å². The van der Waals surface area contributed by atoms with Gasteiger partial charge in [-0.15, -0.1) is 0 Å². The number of thiocarbonyl (C=S) groups is 1. The van der Waals surface area contributed by atoms with Gasteiger partial charge in [0.2, 0.25) is 0 Å². The number of nitrogens with two attached hydrogens (primary N) is 1. The molecule has 1 unspecified atom stereocenters. The summed E-state index contributed by atoms with van der Waals surface area (Å²) in [4.78, 5) is 12.0. The number of carbonyl (C=O) groups is 1. The number of amides is 2. The lowest BCUT2D eigenvalue weighted by molar-refractivity contribution is 0.249. The Hall–Kier alpha value is -1.62. The molecule has 1 aromatic rings. The molecule has 0 aliphatic rings. The molecule has 4 N–H and O–H groups in total. The van der Waals surface area contributed by atoms with Gasteiger partial charge in [0.05, 0.1) is 4.99 Å². The fraction of sp³-hybridized carbons (Fsp3) is 0.333. The number of aryl methyl sites for hydroxylation is 1. The summed E-state index contributed by atoms with van der Waals surface area (Å²) in [5, 5.41) is 5.51. The minimum atomic E-state index is -0.251. The zero-order chi connectivity index (χ0) is 12.8. The van der Waals surface area contributed by atoms with Crippen LogP contribution in [-0.2, 0) is 0 Å². The summed E-state index contributed by atoms with van der Waals surface area (Å²) in [7, 11) is 0. The van der Waals surface area contributed by atoms with E-state index in [1.54, 1.807) is 0 Å². The SMILES string of the molecule is Cc1cccc(NC(=O)NC(C)CC(N)=S)c1. The Morgan fingerprint density at radius 1 is 1.53 bits per heavy atom. The van der Waals surface area contributed by atoms with Crippen LogP contribution in [0.25, 0.3) is 0 Å². The smallest absolute Gasteiger partial charge is 0.319 e. The molecule has 0 heterocycles. The largest absolute Gasteiger partial charge is 0.393 e. The second kappa shape index (κ2) is 6.20. The first-order chi connectivity index (χ1) is 7.97. The van der Waals surface area contributed by atoms with Gasteiger partial charge in [-0.1, -0.05) is 24.4 Å². The number of rotatable bonds is 4. The summed E-state index contributed by atoms with van der Waals surface area (Å²) in [6.07, 6.45) is 0.497. The normalized spacial score (nSPS) is 11.6. The number of nitrogens with one attached hydrogen (secondary N) is 2. The molecule has 92 valence electrons. The number of urea groups is 1. The van der Waals surface area contributed by atoms with Crippen molar-refractivity contribution in [3.05, 3.63) is 29.8 Å². The van der Waals surface area contributed by atoms with Crippen molar-refractivity contribution >= 4 is 28.9 Å². The maximum atomic E-state index is 11.6. The Balaban J connectivity index is 2.47. The molecule has 2 amide bonds. The molecule has 0 bridgehead atoms. The van der Waals surface area contributed by atoms with Crippen molar-refractivity contribution in [1.29, 1.82) is 0 Å². The van der Waals surface area contributed by atoms with Crippen LogP contribution in [0.2, 0.25) is 0 Å². The van der Waals surface area contributed by atoms with Gasteiger partial charge >= 0.3 is 6.03 Å². The zero-order valence-electron chi connectivity index (χ0n) is 9.99. The van der Waals surface area contributed by atoms with Crippen LogP contribution in [0.5, 0.6) is 0 Å². The van der Waals surface area contributed by atoms with E-state index < -0.39 is 0 Å². The van der Waals surface area contributed by atoms with Crippen molar-refractivity contribution in [1.82, 2.24) is 5.32 Å². The summed E-state index contributed by atoms with van der Waals surface area (Å²) in [5.74, 6) is 0. The second-order valence-corrected chi connectivity index (χ2v) is 4.56. The molecule has 0 aliphatic heterocycles. The topological polar surface area (TPSA) is 67.2 Å². The van der Waals surface area contributed by atoms with E-state index in [0.29, 0.717) is 11.4 Å². The Morgan fingerprint density at radius 2 is 2.24 bits per heavy atom. The molecule has 4 nitrogen and oxygen atoms in total. The standard InChI is InChI=1S/C12H17N3OS/c1-8-4-3-5-10(6-8)15-12(16)14-9(2)7-11(13)17/h3-6,9H,7H2,1-2H3,(H2,13,17)(H2,14,15,16). The van der Waals surface area contributed by atoms with Crippen LogP contribution in [-0.4, -0.2) is 17.1 Å². The molecular weight excluding hydrogens is 234 g/mol. The molecule has 0 fully saturated rings. The number of carbonyl (C=O) groups excluding carboxylic acids is 1. The third-order valence-electron chi connectivity index (χ3n) is 2.16. The Bertz CT molecular complexity index is 420. The summed E-state index contributed by atoms with van der Waals surface area (Å²) in [6, 6.07) is 7.28. The highest BCUT2D eigenvalue weighted by Crippen LogP contribution is 2.09. The summed E-state index contributed by atoms with van der Waals surface area (Å²) in [5.41, 5.74) is 7.27. The molecule has 0 saturated heterocycles. The highest BCUT2D eigenvalue weighted by atomic mass is 32.1. The molecule has 0 aliphatic carbocycles. The van der Waals surface area contributed by atoms with Gasteiger partial charge in [-0.05, 0) is 31.5 Å². The molecular formula is C12H17N3OS. The van der Waals surface area contributed by atoms with Crippen LogP contribution in [0, 0.1) is 6.92 Å². The lowest BCUT2D eigenvalue weighted by Gasteiger charge is -2.14. The van der Waals surface area contributed by atoms with Gasteiger partial charge in [0, 0.05) is 18.2 Å². The van der Waals surface area contributed by atoms with E-state index >= 15 is 0 Å². The van der Waals surface area contributed by atoms with E-state index in [1.165, 1.54) is 0 Å². The first-order valence-electron chi connectivity index (χ1n) is 5.40. The maximum Gasteiger partial charge on any atom is 0.319 e. The minimum Gasteiger partial charge on any atom is -0.393 e. The first-order valence-corrected chi connectivity index (χ1v) is 5.80. The maximum absolute atomic E-state index is 11.6. The predicted octanol–water partition coefficient (Wildman–Crippen LogP) is 2.18. The monoisotopic (exact) mass is 251 g/mol. The van der Waals surface area contributed by atoms with E-state index in [9.17, 15) is 4.79 Å². The highest BCUT2D eigenvalue weighted by molar-refractivity contribution is 7.80. The summed E-state index contributed by atoms with van der Waals surface area (Å²) < 4.78 is 0. The highest BCUT2D eigenvalue weighted by Gasteiger charge is 2.08. The first kappa shape index (κ1) is 13.4. The van der Waals surface area contributed by atoms with Crippen molar-refractivity contribution in [3.8, 4) is 0 Å². The molecule has 0 saturated carbocycles. The van der Waals surface area contributed by atoms with Crippen molar-refractivity contribution in [2.45, 2.75) is 26.3 Å². The lowest BCUT2D eigenvalue weighted by Crippen LogP contribution is -2.38. The van der Waals surface area contributed by atoms with Crippen LogP contribution in [0.15, 0.2) is 24.3 Å². The van der Waals surface area contributed by atoms with Crippen LogP contribution < -0.4 is 16.4 Å². The van der Waals surface area contributed by atoms with Crippen molar-refractivity contribution < 1.29 is 4.79 Å². The van der Waals surface area contributed by atoms with Gasteiger partial charge in [-0.2, -0.15) is 0 Å². The average Bonchev–Trinajstić information content (AvgIpc) is 2.14. The van der Waals surface area contributed by atoms with Gasteiger partial charge < -0.3 is 16.4 Å². The van der Waals surface area contributed by atoms with Crippen LogP contribution in [0.3, 0.4) is 0 Å². The van der Waals surface area contributed by atoms with Crippen LogP contribution in [0.1, 0.15) is 18.9 Å². The summed E-state index contributed by atoms with van der Waals surface area (Å²) >= 11 is 4.78. The fourth-order valence-corrected chi connectivity index (χ4v) is 1.72. The third kappa shape index (κ3) is 5.31. The quantitative estimate of drug-likeness (QED) is 0.718. The average molecular weight is 251 g/mol. The molecule has 1 atom stereocenters. The summed E-state index contributed by atoms with van der Waals surface area (Å²) in [6.45, 7) is 3.83.